The molecule has 20 nitrogen and oxygen atoms in total. The Morgan fingerprint density at radius 3 is 0.554 bits per heavy atom. The average Bonchev–Trinajstić information content (AvgIpc) is 1.92. The molecular formula is C68H72N8Ni4O12. The molecule has 8 aromatic carbocycles. The number of rotatable bonds is 12. The molecule has 4 amide bonds. The van der Waals surface area contributed by atoms with Crippen LogP contribution in [0, 0.1) is 27.7 Å². The van der Waals surface area contributed by atoms with Gasteiger partial charge < -0.3 is 60.5 Å². The maximum Gasteiger partial charge on any atom is 2.00 e. The molecule has 0 radical (unpaired) electrons. The Kier molecular flexibility index (Phi) is 48.9. The summed E-state index contributed by atoms with van der Waals surface area (Å²) in [4.78, 5) is 59.7. The topological polar surface area (TPSA) is 315 Å². The van der Waals surface area contributed by atoms with Crippen LogP contribution < -0.4 is 40.9 Å². The second-order valence-electron chi connectivity index (χ2n) is 19.3. The van der Waals surface area contributed by atoms with E-state index in [9.17, 15) is 60.0 Å². The van der Waals surface area contributed by atoms with Gasteiger partial charge in [-0.2, -0.15) is 0 Å². The third-order valence-electron chi connectivity index (χ3n) is 10.3. The first kappa shape index (κ1) is 89.1. The third kappa shape index (κ3) is 39.0. The molecule has 92 heavy (non-hydrogen) atoms. The monoisotopic (exact) mass is 1420 g/mol. The summed E-state index contributed by atoms with van der Waals surface area (Å²) in [6.07, 6.45) is 8.72. The first-order chi connectivity index (χ1) is 41.7. The zero-order valence-corrected chi connectivity index (χ0v) is 56.5. The van der Waals surface area contributed by atoms with Gasteiger partial charge >= 0.3 is 66.0 Å². The Morgan fingerprint density at radius 1 is 0.261 bits per heavy atom. The summed E-state index contributed by atoms with van der Waals surface area (Å²) in [5.41, 5.74) is 7.20. The van der Waals surface area contributed by atoms with Crippen molar-refractivity contribution in [3.8, 4) is 46.0 Å². The van der Waals surface area contributed by atoms with Gasteiger partial charge in [0.25, 0.3) is 0 Å². The van der Waals surface area contributed by atoms with Gasteiger partial charge in [0, 0.05) is 81.2 Å². The summed E-state index contributed by atoms with van der Waals surface area (Å²) in [5, 5.41) is 91.6. The fourth-order valence-corrected chi connectivity index (χ4v) is 5.82. The van der Waals surface area contributed by atoms with Crippen LogP contribution in [0.2, 0.25) is 0 Å². The zero-order chi connectivity index (χ0) is 66.1. The van der Waals surface area contributed by atoms with E-state index in [1.54, 1.807) is 178 Å². The molecule has 0 N–H and O–H groups in total. The van der Waals surface area contributed by atoms with E-state index in [4.69, 9.17) is 0 Å². The van der Waals surface area contributed by atoms with Gasteiger partial charge in [-0.1, -0.05) is 169 Å². The Morgan fingerprint density at radius 2 is 0.413 bits per heavy atom. The van der Waals surface area contributed by atoms with Crippen molar-refractivity contribution >= 4 is 73.2 Å². The Hall–Kier alpha value is -9.31. The molecule has 0 heterocycles. The predicted octanol–water partition coefficient (Wildman–Crippen LogP) is 6.38. The summed E-state index contributed by atoms with van der Waals surface area (Å²) in [7, 11) is 13.5. The van der Waals surface area contributed by atoms with Crippen molar-refractivity contribution in [2.24, 2.45) is 20.0 Å². The van der Waals surface area contributed by atoms with Crippen molar-refractivity contribution in [1.82, 2.24) is 19.6 Å². The van der Waals surface area contributed by atoms with Crippen LogP contribution in [0.4, 0.5) is 22.7 Å². The molecule has 0 aromatic heterocycles. The molecule has 496 valence electrons. The molecular weight excluding hydrogens is 1360 g/mol. The third-order valence-corrected chi connectivity index (χ3v) is 10.3. The molecule has 0 saturated carbocycles. The first-order valence-corrected chi connectivity index (χ1v) is 26.5. The number of carbonyl (C=O) groups is 4. The van der Waals surface area contributed by atoms with E-state index >= 15 is 0 Å². The SMILES string of the molecule is CN(C)C=O.CN(C)C=O.CN(C)C=O.CN(C)C=O.Cc1ccc([O-])c(N=Cc2ccccc2[O-])c1.Cc1ccc([O-])c(N=Cc2ccccc2[O-])c1.Cc1ccc([O-])c(N=Cc2ccccc2[O-])c1.Cc1ccc([O-])c(N=Cc2ccccc2[O-])c1.[Ni+2].[Ni+2].[Ni+2].[Ni+2]. The molecule has 0 fully saturated rings. The summed E-state index contributed by atoms with van der Waals surface area (Å²) < 4.78 is 0. The number of para-hydroxylation sites is 4. The Bertz CT molecular complexity index is 3090. The van der Waals surface area contributed by atoms with Crippen LogP contribution in [0.15, 0.2) is 190 Å². The van der Waals surface area contributed by atoms with E-state index in [1.807, 2.05) is 27.7 Å². The van der Waals surface area contributed by atoms with Crippen LogP contribution in [0.3, 0.4) is 0 Å². The maximum atomic E-state index is 11.5. The molecule has 24 heteroatoms. The van der Waals surface area contributed by atoms with Crippen LogP contribution in [0.25, 0.3) is 0 Å². The molecule has 8 rings (SSSR count). The van der Waals surface area contributed by atoms with Crippen molar-refractivity contribution < 1.29 is 126 Å². The average molecular weight is 1430 g/mol. The zero-order valence-electron chi connectivity index (χ0n) is 52.5. The standard InChI is InChI=1S/4C14H13NO2.4C3H7NO.4Ni/c4*1-10-6-7-14(17)12(8-10)15-9-11-4-2-3-5-13(11)16;4*1-4(2)3-5;;;;/h4*2-9,16-17H,1H3;4*3H,1-2H3;;;;/q;;;;;;;;4*+2/p-8. The summed E-state index contributed by atoms with van der Waals surface area (Å²) in [5.74, 6) is -0.976. The largest absolute Gasteiger partial charge is 2.00 e. The fourth-order valence-electron chi connectivity index (χ4n) is 5.82. The molecule has 0 aliphatic rings. The molecule has 0 unspecified atom stereocenters. The summed E-state index contributed by atoms with van der Waals surface area (Å²) in [6.45, 7) is 7.56. The minimum absolute atomic E-state index is 0. The number of hydrogen-bond acceptors (Lipinski definition) is 16. The second-order valence-corrected chi connectivity index (χ2v) is 19.3. The van der Waals surface area contributed by atoms with Crippen molar-refractivity contribution in [3.05, 3.63) is 214 Å². The van der Waals surface area contributed by atoms with E-state index in [0.717, 1.165) is 47.9 Å². The van der Waals surface area contributed by atoms with Crippen LogP contribution in [0.1, 0.15) is 44.5 Å². The maximum absolute atomic E-state index is 11.5. The van der Waals surface area contributed by atoms with Crippen LogP contribution in [0.5, 0.6) is 46.0 Å². The number of aliphatic imine (C=N–C) groups is 4. The number of aryl methyl sites for hydroxylation is 4. The van der Waals surface area contributed by atoms with E-state index < -0.39 is 0 Å². The van der Waals surface area contributed by atoms with Gasteiger partial charge in [0.05, 0.1) is 22.7 Å². The number of hydrogen-bond donors (Lipinski definition) is 0. The second kappa shape index (κ2) is 50.4. The fraction of sp³-hybridized carbons (Fsp3) is 0.176. The van der Waals surface area contributed by atoms with Crippen molar-refractivity contribution in [1.29, 1.82) is 0 Å². The van der Waals surface area contributed by atoms with Gasteiger partial charge in [-0.05, 0) is 96.5 Å². The van der Waals surface area contributed by atoms with Gasteiger partial charge in [0.1, 0.15) is 0 Å². The number of benzene rings is 8. The van der Waals surface area contributed by atoms with Crippen LogP contribution in [-0.4, -0.2) is 126 Å². The number of amides is 4. The molecule has 0 spiro atoms. The Labute approximate surface area is 579 Å². The molecule has 8 aromatic rings. The molecule has 0 bridgehead atoms. The minimum Gasteiger partial charge on any atom is -0.872 e. The van der Waals surface area contributed by atoms with Gasteiger partial charge in [-0.3, -0.25) is 39.1 Å². The quantitative estimate of drug-likeness (QED) is 0.0731. The summed E-state index contributed by atoms with van der Waals surface area (Å²) >= 11 is 0. The van der Waals surface area contributed by atoms with E-state index in [2.05, 4.69) is 20.0 Å². The van der Waals surface area contributed by atoms with Crippen LogP contribution >= 0.6 is 0 Å². The van der Waals surface area contributed by atoms with Gasteiger partial charge in [0.2, 0.25) is 25.6 Å². The van der Waals surface area contributed by atoms with Crippen molar-refractivity contribution in [2.45, 2.75) is 27.7 Å². The number of carbonyl (C=O) groups excluding carboxylic acids is 4. The Balaban J connectivity index is -0.000000503. The van der Waals surface area contributed by atoms with E-state index in [1.165, 1.54) is 93.0 Å². The van der Waals surface area contributed by atoms with Gasteiger partial charge in [0.15, 0.2) is 0 Å². The molecule has 0 aliphatic heterocycles. The molecule has 0 saturated heterocycles. The van der Waals surface area contributed by atoms with Gasteiger partial charge in [-0.15, -0.1) is 23.0 Å². The molecule has 0 atom stereocenters. The smallest absolute Gasteiger partial charge is 0.872 e. The van der Waals surface area contributed by atoms with Crippen LogP contribution in [-0.2, 0) is 85.1 Å². The van der Waals surface area contributed by atoms with Crippen molar-refractivity contribution in [2.75, 3.05) is 56.4 Å². The minimum atomic E-state index is -0.143. The normalized spacial score (nSPS) is 9.52. The van der Waals surface area contributed by atoms with E-state index in [0.29, 0.717) is 45.0 Å². The van der Waals surface area contributed by atoms with Gasteiger partial charge in [-0.25, -0.2) is 0 Å². The predicted molar refractivity (Wildman–Crippen MR) is 334 cm³/mol. The summed E-state index contributed by atoms with van der Waals surface area (Å²) in [6, 6.07) is 46.0. The van der Waals surface area contributed by atoms with E-state index in [-0.39, 0.29) is 112 Å². The number of nitrogens with zero attached hydrogens (tertiary/aromatic N) is 8. The molecule has 0 aliphatic carbocycles. The first-order valence-electron chi connectivity index (χ1n) is 26.5. The van der Waals surface area contributed by atoms with Crippen molar-refractivity contribution in [3.63, 3.8) is 0 Å².